The number of nitrogens with one attached hydrogen (secondary N) is 1. The lowest BCUT2D eigenvalue weighted by Crippen LogP contribution is -2.39. The molecule has 2 rings (SSSR count). The topological polar surface area (TPSA) is 93.9 Å². The summed E-state index contributed by atoms with van der Waals surface area (Å²) in [4.78, 5) is 25.0. The van der Waals surface area contributed by atoms with Gasteiger partial charge in [0.05, 0.1) is 30.9 Å². The molecule has 1 atom stereocenters. The van der Waals surface area contributed by atoms with Gasteiger partial charge in [-0.2, -0.15) is 0 Å². The highest BCUT2D eigenvalue weighted by molar-refractivity contribution is 9.10. The molecule has 0 aliphatic heterocycles. The first-order valence-corrected chi connectivity index (χ1v) is 9.22. The molecule has 0 fully saturated rings. The number of halogens is 1. The number of likely N-dealkylation sites (N-methyl/N-ethyl adjacent to an activating group) is 1. The second-order valence-electron chi connectivity index (χ2n) is 6.18. The van der Waals surface area contributed by atoms with Crippen LogP contribution in [-0.4, -0.2) is 43.0 Å². The molecule has 0 unspecified atom stereocenters. The van der Waals surface area contributed by atoms with Gasteiger partial charge in [-0.15, -0.1) is 0 Å². The van der Waals surface area contributed by atoms with Crippen LogP contribution in [0.1, 0.15) is 12.5 Å². The summed E-state index contributed by atoms with van der Waals surface area (Å²) in [7, 11) is 4.85. The van der Waals surface area contributed by atoms with Gasteiger partial charge in [0.25, 0.3) is 5.69 Å². The molecular formula is C19H22BrN3O5. The van der Waals surface area contributed by atoms with E-state index in [2.05, 4.69) is 21.2 Å². The fourth-order valence-electron chi connectivity index (χ4n) is 2.62. The number of amides is 1. The van der Waals surface area contributed by atoms with Gasteiger partial charge in [0.2, 0.25) is 5.91 Å². The van der Waals surface area contributed by atoms with Gasteiger partial charge >= 0.3 is 0 Å². The zero-order valence-corrected chi connectivity index (χ0v) is 17.6. The summed E-state index contributed by atoms with van der Waals surface area (Å²) in [5.41, 5.74) is 1.05. The van der Waals surface area contributed by atoms with Crippen molar-refractivity contribution in [2.45, 2.75) is 19.5 Å². The zero-order chi connectivity index (χ0) is 20.8. The third-order valence-electron chi connectivity index (χ3n) is 4.35. The molecule has 1 amide bonds. The van der Waals surface area contributed by atoms with E-state index in [1.165, 1.54) is 25.3 Å². The molecule has 2 aromatic rings. The van der Waals surface area contributed by atoms with E-state index in [9.17, 15) is 14.9 Å². The summed E-state index contributed by atoms with van der Waals surface area (Å²) >= 11 is 3.44. The summed E-state index contributed by atoms with van der Waals surface area (Å²) in [6, 6.07) is 9.22. The molecule has 0 aromatic heterocycles. The van der Waals surface area contributed by atoms with E-state index < -0.39 is 11.0 Å². The minimum atomic E-state index is -0.524. The molecule has 0 spiro atoms. The molecular weight excluding hydrogens is 430 g/mol. The van der Waals surface area contributed by atoms with Crippen LogP contribution in [0.15, 0.2) is 40.9 Å². The number of non-ortho nitro benzene ring substituents is 1. The predicted octanol–water partition coefficient (Wildman–Crippen LogP) is 3.83. The molecule has 0 heterocycles. The molecule has 9 heteroatoms. The van der Waals surface area contributed by atoms with Crippen molar-refractivity contribution in [2.75, 3.05) is 26.6 Å². The van der Waals surface area contributed by atoms with Crippen LogP contribution in [0.25, 0.3) is 0 Å². The molecule has 0 saturated heterocycles. The predicted molar refractivity (Wildman–Crippen MR) is 110 cm³/mol. The number of nitro groups is 1. The van der Waals surface area contributed by atoms with E-state index in [1.54, 1.807) is 14.0 Å². The fourth-order valence-corrected chi connectivity index (χ4v) is 3.03. The molecule has 28 heavy (non-hydrogen) atoms. The van der Waals surface area contributed by atoms with Crippen molar-refractivity contribution < 1.29 is 19.2 Å². The lowest BCUT2D eigenvalue weighted by molar-refractivity contribution is -0.384. The van der Waals surface area contributed by atoms with E-state index in [1.807, 2.05) is 30.1 Å². The van der Waals surface area contributed by atoms with Crippen LogP contribution >= 0.6 is 15.9 Å². The lowest BCUT2D eigenvalue weighted by Gasteiger charge is -2.25. The van der Waals surface area contributed by atoms with Crippen molar-refractivity contribution in [1.29, 1.82) is 0 Å². The highest BCUT2D eigenvalue weighted by atomic mass is 79.9. The van der Waals surface area contributed by atoms with Crippen molar-refractivity contribution in [3.8, 4) is 11.5 Å². The van der Waals surface area contributed by atoms with Gasteiger partial charge in [-0.1, -0.05) is 15.9 Å². The maximum Gasteiger partial charge on any atom is 0.271 e. The van der Waals surface area contributed by atoms with E-state index in [0.717, 1.165) is 15.8 Å². The third kappa shape index (κ3) is 5.20. The highest BCUT2D eigenvalue weighted by Crippen LogP contribution is 2.29. The quantitative estimate of drug-likeness (QED) is 0.483. The van der Waals surface area contributed by atoms with Gasteiger partial charge in [0.15, 0.2) is 0 Å². The van der Waals surface area contributed by atoms with E-state index >= 15 is 0 Å². The first-order chi connectivity index (χ1) is 13.3. The van der Waals surface area contributed by atoms with Crippen molar-refractivity contribution in [2.24, 2.45) is 0 Å². The van der Waals surface area contributed by atoms with Crippen LogP contribution in [0, 0.1) is 10.1 Å². The standard InChI is InChI=1S/C19H22BrN3O5/c1-12(22(2)11-13-9-14(20)5-7-17(13)27-3)19(24)21-16-10-15(23(25)26)6-8-18(16)28-4/h5-10,12H,11H2,1-4H3,(H,21,24)/t12-/m0/s1. The minimum Gasteiger partial charge on any atom is -0.496 e. The van der Waals surface area contributed by atoms with Crippen molar-refractivity contribution >= 4 is 33.2 Å². The number of ether oxygens (including phenoxy) is 2. The Bertz CT molecular complexity index is 875. The molecule has 0 bridgehead atoms. The number of hydrogen-bond acceptors (Lipinski definition) is 6. The second-order valence-corrected chi connectivity index (χ2v) is 7.09. The average Bonchev–Trinajstić information content (AvgIpc) is 2.67. The minimum absolute atomic E-state index is 0.129. The van der Waals surface area contributed by atoms with Crippen LogP contribution < -0.4 is 14.8 Å². The molecule has 0 radical (unpaired) electrons. The summed E-state index contributed by atoms with van der Waals surface area (Å²) < 4.78 is 11.5. The fraction of sp³-hybridized carbons (Fsp3) is 0.316. The SMILES string of the molecule is COc1ccc(Br)cc1CN(C)[C@@H](C)C(=O)Nc1cc([N+](=O)[O-])ccc1OC. The second kappa shape index (κ2) is 9.52. The molecule has 1 N–H and O–H groups in total. The number of rotatable bonds is 8. The van der Waals surface area contributed by atoms with Crippen LogP contribution in [0.2, 0.25) is 0 Å². The number of carbonyl (C=O) groups excluding carboxylic acids is 1. The highest BCUT2D eigenvalue weighted by Gasteiger charge is 2.22. The van der Waals surface area contributed by atoms with Gasteiger partial charge in [0.1, 0.15) is 11.5 Å². The Morgan fingerprint density at radius 3 is 2.46 bits per heavy atom. The van der Waals surface area contributed by atoms with Gasteiger partial charge in [0, 0.05) is 28.7 Å². The number of carbonyl (C=O) groups is 1. The average molecular weight is 452 g/mol. The van der Waals surface area contributed by atoms with Gasteiger partial charge in [-0.3, -0.25) is 19.8 Å². The smallest absolute Gasteiger partial charge is 0.271 e. The normalized spacial score (nSPS) is 11.8. The number of hydrogen-bond donors (Lipinski definition) is 1. The van der Waals surface area contributed by atoms with E-state index in [4.69, 9.17) is 9.47 Å². The Labute approximate surface area is 171 Å². The maximum absolute atomic E-state index is 12.7. The van der Waals surface area contributed by atoms with Gasteiger partial charge < -0.3 is 14.8 Å². The number of anilines is 1. The first-order valence-electron chi connectivity index (χ1n) is 8.42. The Hall–Kier alpha value is -2.65. The Morgan fingerprint density at radius 2 is 1.86 bits per heavy atom. The first kappa shape index (κ1) is 21.6. The van der Waals surface area contributed by atoms with Crippen LogP contribution in [0.5, 0.6) is 11.5 Å². The summed E-state index contributed by atoms with van der Waals surface area (Å²) in [5, 5.41) is 13.7. The Balaban J connectivity index is 2.15. The zero-order valence-electron chi connectivity index (χ0n) is 16.1. The van der Waals surface area contributed by atoms with Gasteiger partial charge in [-0.25, -0.2) is 0 Å². The van der Waals surface area contributed by atoms with Crippen LogP contribution in [0.4, 0.5) is 11.4 Å². The molecule has 0 saturated carbocycles. The largest absolute Gasteiger partial charge is 0.496 e. The summed E-state index contributed by atoms with van der Waals surface area (Å²) in [6.07, 6.45) is 0. The number of benzene rings is 2. The van der Waals surface area contributed by atoms with Crippen molar-refractivity contribution in [3.63, 3.8) is 0 Å². The molecule has 0 aliphatic carbocycles. The summed E-state index contributed by atoms with van der Waals surface area (Å²) in [5.74, 6) is 0.765. The molecule has 150 valence electrons. The van der Waals surface area contributed by atoms with E-state index in [0.29, 0.717) is 12.3 Å². The third-order valence-corrected chi connectivity index (χ3v) is 4.85. The van der Waals surface area contributed by atoms with Crippen molar-refractivity contribution in [3.05, 3.63) is 56.5 Å². The maximum atomic E-state index is 12.7. The number of nitro benzene ring substituents is 1. The number of methoxy groups -OCH3 is 2. The number of nitrogens with zero attached hydrogens (tertiary/aromatic N) is 2. The van der Waals surface area contributed by atoms with Crippen LogP contribution in [-0.2, 0) is 11.3 Å². The molecule has 0 aliphatic rings. The Kier molecular flexibility index (Phi) is 7.36. The van der Waals surface area contributed by atoms with Crippen molar-refractivity contribution in [1.82, 2.24) is 4.90 Å². The van der Waals surface area contributed by atoms with Crippen LogP contribution in [0.3, 0.4) is 0 Å². The van der Waals surface area contributed by atoms with E-state index in [-0.39, 0.29) is 17.3 Å². The lowest BCUT2D eigenvalue weighted by atomic mass is 10.1. The summed E-state index contributed by atoms with van der Waals surface area (Å²) in [6.45, 7) is 2.23. The van der Waals surface area contributed by atoms with Gasteiger partial charge in [-0.05, 0) is 38.2 Å². The molecule has 2 aromatic carbocycles. The monoisotopic (exact) mass is 451 g/mol. The molecule has 8 nitrogen and oxygen atoms in total. The Morgan fingerprint density at radius 1 is 1.21 bits per heavy atom.